The number of hydrogen-bond donors (Lipinski definition) is 2. The van der Waals surface area contributed by atoms with E-state index in [4.69, 9.17) is 0 Å². The van der Waals surface area contributed by atoms with Crippen LogP contribution in [0.1, 0.15) is 23.6 Å². The summed E-state index contributed by atoms with van der Waals surface area (Å²) in [6.45, 7) is 3.98. The van der Waals surface area contributed by atoms with Crippen LogP contribution in [0.5, 0.6) is 5.75 Å². The minimum absolute atomic E-state index is 0.314. The average molecular weight is 565 g/mol. The van der Waals surface area contributed by atoms with E-state index >= 15 is 0 Å². The number of anilines is 1. The molecule has 0 aliphatic heterocycles. The first-order valence-electron chi connectivity index (χ1n) is 12.2. The Bertz CT molecular complexity index is 1720. The van der Waals surface area contributed by atoms with Crippen LogP contribution in [0.3, 0.4) is 0 Å². The number of fused-ring (bicyclic) bond motifs is 3. The summed E-state index contributed by atoms with van der Waals surface area (Å²) in [6.07, 6.45) is -2.31. The highest BCUT2D eigenvalue weighted by atomic mass is 32.2. The van der Waals surface area contributed by atoms with Crippen molar-refractivity contribution in [1.82, 2.24) is 19.7 Å². The van der Waals surface area contributed by atoms with E-state index in [0.29, 0.717) is 16.7 Å². The second-order valence-corrected chi connectivity index (χ2v) is 9.40. The van der Waals surface area contributed by atoms with E-state index in [-0.39, 0.29) is 11.8 Å². The summed E-state index contributed by atoms with van der Waals surface area (Å²) in [5.41, 5.74) is 5.56. The number of carbonyl (C=O) groups excluding carboxylic acids is 1. The van der Waals surface area contributed by atoms with Crippen LogP contribution in [-0.4, -0.2) is 33.6 Å². The van der Waals surface area contributed by atoms with E-state index in [1.807, 2.05) is 62.4 Å². The lowest BCUT2D eigenvalue weighted by Crippen LogP contribution is -2.23. The van der Waals surface area contributed by atoms with Crippen LogP contribution < -0.4 is 14.8 Å². The van der Waals surface area contributed by atoms with Gasteiger partial charge in [-0.15, -0.1) is 18.3 Å². The zero-order valence-corrected chi connectivity index (χ0v) is 22.2. The third-order valence-electron chi connectivity index (χ3n) is 6.14. The molecule has 2 N–H and O–H groups in total. The number of para-hydroxylation sites is 1. The fourth-order valence-corrected chi connectivity index (χ4v) is 4.65. The van der Waals surface area contributed by atoms with Gasteiger partial charge in [-0.3, -0.25) is 4.72 Å². The Morgan fingerprint density at radius 1 is 1.10 bits per heavy atom. The molecule has 0 aliphatic carbocycles. The monoisotopic (exact) mass is 564 g/mol. The van der Waals surface area contributed by atoms with Crippen LogP contribution in [0.15, 0.2) is 77.2 Å². The lowest BCUT2D eigenvalue weighted by molar-refractivity contribution is -0.274. The van der Waals surface area contributed by atoms with Crippen molar-refractivity contribution in [3.05, 3.63) is 89.5 Å². The summed E-state index contributed by atoms with van der Waals surface area (Å²) in [4.78, 5) is 12.3. The standard InChI is InChI=1S/C28H23F3N6O2S/c1-3-19-6-4-5-17(2)25(19)33-27(38)35-40-32-16-18-7-13-23-20(15-18)8-14-24-26(23)34-36-37(24)21-9-11-22(12-10-21)39-28(29,30)31/h4-16H,3H2,1-2H3,(H2,33,35,38). The number of benzene rings is 4. The molecule has 0 spiro atoms. The van der Waals surface area contributed by atoms with Crippen molar-refractivity contribution < 1.29 is 22.7 Å². The Balaban J connectivity index is 1.26. The van der Waals surface area contributed by atoms with E-state index in [1.165, 1.54) is 24.3 Å². The van der Waals surface area contributed by atoms with Gasteiger partial charge >= 0.3 is 12.4 Å². The van der Waals surface area contributed by atoms with Crippen LogP contribution >= 0.6 is 12.1 Å². The lowest BCUT2D eigenvalue weighted by atomic mass is 10.1. The van der Waals surface area contributed by atoms with Crippen LogP contribution in [0, 0.1) is 6.92 Å². The first kappa shape index (κ1) is 27.0. The molecule has 0 saturated carbocycles. The maximum absolute atomic E-state index is 12.4. The molecule has 0 saturated heterocycles. The average Bonchev–Trinajstić information content (AvgIpc) is 3.36. The van der Waals surface area contributed by atoms with Gasteiger partial charge in [0.1, 0.15) is 11.3 Å². The highest BCUT2D eigenvalue weighted by Crippen LogP contribution is 2.28. The molecule has 0 radical (unpaired) electrons. The Morgan fingerprint density at radius 3 is 2.65 bits per heavy atom. The zero-order valence-electron chi connectivity index (χ0n) is 21.4. The number of nitrogens with one attached hydrogen (secondary N) is 2. The van der Waals surface area contributed by atoms with Crippen LogP contribution in [-0.2, 0) is 6.42 Å². The van der Waals surface area contributed by atoms with Crippen molar-refractivity contribution in [2.45, 2.75) is 26.6 Å². The number of rotatable bonds is 7. The number of hydrogen-bond acceptors (Lipinski definition) is 6. The third kappa shape index (κ3) is 6.01. The molecule has 0 bridgehead atoms. The molecule has 1 heterocycles. The number of alkyl halides is 3. The molecule has 5 rings (SSSR count). The van der Waals surface area contributed by atoms with E-state index in [1.54, 1.807) is 10.9 Å². The van der Waals surface area contributed by atoms with E-state index in [9.17, 15) is 18.0 Å². The maximum atomic E-state index is 12.4. The van der Waals surface area contributed by atoms with Crippen molar-refractivity contribution in [3.63, 3.8) is 0 Å². The normalized spacial score (nSPS) is 11.8. The number of nitrogens with zero attached hydrogens (tertiary/aromatic N) is 4. The van der Waals surface area contributed by atoms with Gasteiger partial charge in [-0.05, 0) is 71.8 Å². The molecule has 5 aromatic rings. The predicted octanol–water partition coefficient (Wildman–Crippen LogP) is 7.15. The van der Waals surface area contributed by atoms with Gasteiger partial charge < -0.3 is 10.1 Å². The molecule has 4 aromatic carbocycles. The highest BCUT2D eigenvalue weighted by molar-refractivity contribution is 7.96. The molecule has 8 nitrogen and oxygen atoms in total. The van der Waals surface area contributed by atoms with Gasteiger partial charge in [0.05, 0.1) is 23.3 Å². The fraction of sp³-hybridized carbons (Fsp3) is 0.143. The van der Waals surface area contributed by atoms with Crippen LogP contribution in [0.2, 0.25) is 0 Å². The summed E-state index contributed by atoms with van der Waals surface area (Å²) >= 11 is 0.918. The Hall–Kier alpha value is -4.58. The van der Waals surface area contributed by atoms with Crippen molar-refractivity contribution in [2.75, 3.05) is 5.32 Å². The van der Waals surface area contributed by atoms with Crippen molar-refractivity contribution in [3.8, 4) is 11.4 Å². The second kappa shape index (κ2) is 11.3. The smallest absolute Gasteiger partial charge is 0.406 e. The Kier molecular flexibility index (Phi) is 7.60. The lowest BCUT2D eigenvalue weighted by Gasteiger charge is -2.12. The molecule has 2 amide bonds. The fourth-order valence-electron chi connectivity index (χ4n) is 4.29. The number of ether oxygens (including phenoxy) is 1. The minimum atomic E-state index is -4.76. The van der Waals surface area contributed by atoms with Crippen LogP contribution in [0.25, 0.3) is 27.5 Å². The van der Waals surface area contributed by atoms with Gasteiger partial charge in [0.25, 0.3) is 0 Å². The van der Waals surface area contributed by atoms with Crippen molar-refractivity contribution >= 4 is 51.9 Å². The first-order valence-corrected chi connectivity index (χ1v) is 13.0. The van der Waals surface area contributed by atoms with Gasteiger partial charge in [0.2, 0.25) is 0 Å². The molecule has 204 valence electrons. The molecule has 0 unspecified atom stereocenters. The highest BCUT2D eigenvalue weighted by Gasteiger charge is 2.31. The number of carbonyl (C=O) groups is 1. The first-order chi connectivity index (χ1) is 19.2. The Morgan fingerprint density at radius 2 is 1.90 bits per heavy atom. The number of halogens is 3. The minimum Gasteiger partial charge on any atom is -0.406 e. The maximum Gasteiger partial charge on any atom is 0.573 e. The largest absolute Gasteiger partial charge is 0.573 e. The van der Waals surface area contributed by atoms with Crippen molar-refractivity contribution in [1.29, 1.82) is 0 Å². The second-order valence-electron chi connectivity index (χ2n) is 8.80. The zero-order chi connectivity index (χ0) is 28.3. The van der Waals surface area contributed by atoms with Crippen LogP contribution in [0.4, 0.5) is 23.7 Å². The molecule has 40 heavy (non-hydrogen) atoms. The summed E-state index contributed by atoms with van der Waals surface area (Å²) in [7, 11) is 0. The van der Waals surface area contributed by atoms with Gasteiger partial charge in [-0.1, -0.05) is 48.5 Å². The van der Waals surface area contributed by atoms with Crippen molar-refractivity contribution in [2.24, 2.45) is 4.40 Å². The van der Waals surface area contributed by atoms with E-state index < -0.39 is 6.36 Å². The molecular formula is C28H23F3N6O2S. The third-order valence-corrected chi connectivity index (χ3v) is 6.63. The molecule has 12 heteroatoms. The van der Waals surface area contributed by atoms with Gasteiger partial charge in [0, 0.05) is 17.3 Å². The summed E-state index contributed by atoms with van der Waals surface area (Å²) in [6, 6.07) is 20.4. The molecule has 1 aromatic heterocycles. The Labute approximate surface area is 231 Å². The van der Waals surface area contributed by atoms with Gasteiger partial charge in [-0.2, -0.15) is 0 Å². The quantitative estimate of drug-likeness (QED) is 0.162. The van der Waals surface area contributed by atoms with Gasteiger partial charge in [0.15, 0.2) is 0 Å². The number of urea groups is 1. The van der Waals surface area contributed by atoms with E-state index in [2.05, 4.69) is 29.5 Å². The number of aryl methyl sites for hydroxylation is 2. The molecule has 0 aliphatic rings. The predicted molar refractivity (Wildman–Crippen MR) is 151 cm³/mol. The van der Waals surface area contributed by atoms with Gasteiger partial charge in [-0.25, -0.2) is 13.9 Å². The summed E-state index contributed by atoms with van der Waals surface area (Å²) in [5.74, 6) is -0.314. The van der Waals surface area contributed by atoms with E-state index in [0.717, 1.165) is 51.7 Å². The number of amides is 2. The number of aromatic nitrogens is 3. The molecular weight excluding hydrogens is 541 g/mol. The molecule has 0 fully saturated rings. The summed E-state index contributed by atoms with van der Waals surface area (Å²) in [5, 5.41) is 13.1. The topological polar surface area (TPSA) is 93.4 Å². The molecule has 0 atom stereocenters. The summed E-state index contributed by atoms with van der Waals surface area (Å²) < 4.78 is 49.7. The SMILES string of the molecule is CCc1cccc(C)c1NC(=O)NSN=Cc1ccc2c(ccc3c2nnn3-c2ccc(OC(F)(F)F)cc2)c1.